The number of ether oxygens (including phenoxy) is 2. The smallest absolute Gasteiger partial charge is 0.344 e. The number of hydrogen-bond donors (Lipinski definition) is 1. The van der Waals surface area contributed by atoms with E-state index in [1.807, 2.05) is 5.32 Å². The number of aldehydes is 1. The Labute approximate surface area is 141 Å². The summed E-state index contributed by atoms with van der Waals surface area (Å²) in [4.78, 5) is 33.6. The summed E-state index contributed by atoms with van der Waals surface area (Å²) in [6.07, 6.45) is 0.662. The Bertz CT molecular complexity index is 757. The molecule has 0 fully saturated rings. The fraction of sp³-hybridized carbons (Fsp3) is 0.118. The molecule has 0 aliphatic heterocycles. The molecule has 2 aromatic rings. The van der Waals surface area contributed by atoms with E-state index in [9.17, 15) is 23.2 Å². The van der Waals surface area contributed by atoms with Crippen LogP contribution in [0.15, 0.2) is 42.5 Å². The van der Waals surface area contributed by atoms with Gasteiger partial charge in [-0.1, -0.05) is 6.07 Å². The Morgan fingerprint density at radius 3 is 2.24 bits per heavy atom. The first-order valence-corrected chi connectivity index (χ1v) is 7.07. The molecule has 8 heteroatoms. The molecule has 0 unspecified atom stereocenters. The zero-order valence-electron chi connectivity index (χ0n) is 12.8. The molecule has 0 bridgehead atoms. The van der Waals surface area contributed by atoms with Gasteiger partial charge in [-0.3, -0.25) is 9.59 Å². The van der Waals surface area contributed by atoms with Gasteiger partial charge in [0.25, 0.3) is 5.91 Å². The number of anilines is 1. The first kappa shape index (κ1) is 18.1. The highest BCUT2D eigenvalue weighted by molar-refractivity contribution is 5.93. The van der Waals surface area contributed by atoms with Gasteiger partial charge in [-0.15, -0.1) is 0 Å². The van der Waals surface area contributed by atoms with Gasteiger partial charge in [0.1, 0.15) is 29.4 Å². The molecule has 1 N–H and O–H groups in total. The zero-order chi connectivity index (χ0) is 18.2. The van der Waals surface area contributed by atoms with Gasteiger partial charge in [0, 0.05) is 5.56 Å². The van der Waals surface area contributed by atoms with Gasteiger partial charge >= 0.3 is 5.97 Å². The highest BCUT2D eigenvalue weighted by Gasteiger charge is 2.14. The molecule has 0 aliphatic rings. The highest BCUT2D eigenvalue weighted by atomic mass is 19.1. The van der Waals surface area contributed by atoms with Crippen LogP contribution in [0.2, 0.25) is 0 Å². The molecular formula is C17H13F2NO5. The van der Waals surface area contributed by atoms with E-state index < -0.39 is 42.4 Å². The lowest BCUT2D eigenvalue weighted by atomic mass is 10.2. The summed E-state index contributed by atoms with van der Waals surface area (Å²) in [6.45, 7) is -1.19. The molecule has 0 atom stereocenters. The third-order valence-corrected chi connectivity index (χ3v) is 2.96. The van der Waals surface area contributed by atoms with Crippen molar-refractivity contribution in [3.05, 3.63) is 59.7 Å². The number of esters is 1. The number of carbonyl (C=O) groups excluding carboxylic acids is 3. The van der Waals surface area contributed by atoms with Crippen LogP contribution < -0.4 is 10.1 Å². The first-order chi connectivity index (χ1) is 12.0. The Kier molecular flexibility index (Phi) is 6.16. The fourth-order valence-electron chi connectivity index (χ4n) is 1.77. The van der Waals surface area contributed by atoms with E-state index in [0.717, 1.165) is 18.2 Å². The van der Waals surface area contributed by atoms with Crippen LogP contribution in [0.5, 0.6) is 5.75 Å². The number of nitrogens with one attached hydrogen (secondary N) is 1. The predicted octanol–water partition coefficient (Wildman–Crippen LogP) is 2.34. The maximum atomic E-state index is 13.4. The maximum Gasteiger partial charge on any atom is 0.344 e. The van der Waals surface area contributed by atoms with Crippen LogP contribution >= 0.6 is 0 Å². The van der Waals surface area contributed by atoms with Crippen molar-refractivity contribution in [1.29, 1.82) is 0 Å². The topological polar surface area (TPSA) is 81.7 Å². The Hall–Kier alpha value is -3.29. The molecule has 0 spiro atoms. The molecule has 2 aromatic carbocycles. The Balaban J connectivity index is 1.77. The second-order valence-electron chi connectivity index (χ2n) is 4.78. The van der Waals surface area contributed by atoms with Crippen molar-refractivity contribution in [2.75, 3.05) is 18.5 Å². The molecule has 1 amide bonds. The summed E-state index contributed by atoms with van der Waals surface area (Å²) in [5.41, 5.74) is -0.165. The van der Waals surface area contributed by atoms with Crippen LogP contribution in [0.1, 0.15) is 10.4 Å². The lowest BCUT2D eigenvalue weighted by Crippen LogP contribution is -2.24. The zero-order valence-corrected chi connectivity index (χ0v) is 12.8. The van der Waals surface area contributed by atoms with Gasteiger partial charge < -0.3 is 14.8 Å². The van der Waals surface area contributed by atoms with Gasteiger partial charge in [-0.25, -0.2) is 13.6 Å². The third-order valence-electron chi connectivity index (χ3n) is 2.96. The molecule has 6 nitrogen and oxygen atoms in total. The van der Waals surface area contributed by atoms with Gasteiger partial charge in [-0.05, 0) is 36.4 Å². The molecule has 25 heavy (non-hydrogen) atoms. The second kappa shape index (κ2) is 8.53. The standard InChI is InChI=1S/C17H13F2NO5/c18-13-2-1-3-14(19)17(13)20-15(22)9-25-16(23)10-24-12-6-4-11(8-21)5-7-12/h1-8H,9-10H2,(H,20,22). The van der Waals surface area contributed by atoms with Crippen molar-refractivity contribution in [2.45, 2.75) is 0 Å². The minimum Gasteiger partial charge on any atom is -0.482 e. The normalized spacial score (nSPS) is 10.0. The molecule has 130 valence electrons. The molecular weight excluding hydrogens is 336 g/mol. The average Bonchev–Trinajstić information content (AvgIpc) is 2.62. The average molecular weight is 349 g/mol. The summed E-state index contributed by atoms with van der Waals surface area (Å²) in [5.74, 6) is -3.29. The van der Waals surface area contributed by atoms with Crippen LogP contribution in [0.4, 0.5) is 14.5 Å². The summed E-state index contributed by atoms with van der Waals surface area (Å²) >= 11 is 0. The molecule has 0 saturated heterocycles. The van der Waals surface area contributed by atoms with Crippen molar-refractivity contribution in [1.82, 2.24) is 0 Å². The first-order valence-electron chi connectivity index (χ1n) is 7.07. The summed E-state index contributed by atoms with van der Waals surface area (Å²) in [5, 5.41) is 1.98. The fourth-order valence-corrected chi connectivity index (χ4v) is 1.77. The van der Waals surface area contributed by atoms with Gasteiger partial charge in [0.2, 0.25) is 0 Å². The molecule has 0 radical (unpaired) electrons. The largest absolute Gasteiger partial charge is 0.482 e. The summed E-state index contributed by atoms with van der Waals surface area (Å²) in [7, 11) is 0. The third kappa shape index (κ3) is 5.38. The lowest BCUT2D eigenvalue weighted by Gasteiger charge is -2.09. The van der Waals surface area contributed by atoms with E-state index in [1.165, 1.54) is 24.3 Å². The minimum absolute atomic E-state index is 0.334. The number of benzene rings is 2. The maximum absolute atomic E-state index is 13.4. The van der Waals surface area contributed by atoms with Crippen molar-refractivity contribution < 1.29 is 32.6 Å². The lowest BCUT2D eigenvalue weighted by molar-refractivity contribution is -0.149. The Morgan fingerprint density at radius 2 is 1.64 bits per heavy atom. The number of para-hydroxylation sites is 1. The van der Waals surface area contributed by atoms with Crippen molar-refractivity contribution in [3.63, 3.8) is 0 Å². The number of amides is 1. The summed E-state index contributed by atoms with van der Waals surface area (Å²) in [6, 6.07) is 9.10. The number of rotatable bonds is 7. The predicted molar refractivity (Wildman–Crippen MR) is 83.3 cm³/mol. The summed E-state index contributed by atoms with van der Waals surface area (Å²) < 4.78 is 36.5. The van der Waals surface area contributed by atoms with E-state index in [2.05, 4.69) is 4.74 Å². The van der Waals surface area contributed by atoms with Crippen LogP contribution in [-0.4, -0.2) is 31.4 Å². The van der Waals surface area contributed by atoms with Gasteiger partial charge in [0.05, 0.1) is 0 Å². The van der Waals surface area contributed by atoms with E-state index in [-0.39, 0.29) is 0 Å². The second-order valence-corrected chi connectivity index (χ2v) is 4.78. The van der Waals surface area contributed by atoms with Crippen LogP contribution in [0.25, 0.3) is 0 Å². The number of halogens is 2. The molecule has 0 aliphatic carbocycles. The van der Waals surface area contributed by atoms with Gasteiger partial charge in [-0.2, -0.15) is 0 Å². The van der Waals surface area contributed by atoms with E-state index in [4.69, 9.17) is 4.74 Å². The molecule has 0 aromatic heterocycles. The number of hydrogen-bond acceptors (Lipinski definition) is 5. The highest BCUT2D eigenvalue weighted by Crippen LogP contribution is 2.17. The van der Waals surface area contributed by atoms with E-state index in [0.29, 0.717) is 17.6 Å². The van der Waals surface area contributed by atoms with Crippen molar-refractivity contribution >= 4 is 23.9 Å². The minimum atomic E-state index is -0.943. The van der Waals surface area contributed by atoms with E-state index in [1.54, 1.807) is 0 Å². The van der Waals surface area contributed by atoms with Crippen molar-refractivity contribution in [3.8, 4) is 5.75 Å². The SMILES string of the molecule is O=Cc1ccc(OCC(=O)OCC(=O)Nc2c(F)cccc2F)cc1. The monoisotopic (exact) mass is 349 g/mol. The molecule has 0 saturated carbocycles. The van der Waals surface area contributed by atoms with Crippen LogP contribution in [0.3, 0.4) is 0 Å². The van der Waals surface area contributed by atoms with Crippen LogP contribution in [0, 0.1) is 11.6 Å². The Morgan fingerprint density at radius 1 is 1.00 bits per heavy atom. The van der Waals surface area contributed by atoms with Crippen LogP contribution in [-0.2, 0) is 14.3 Å². The van der Waals surface area contributed by atoms with Gasteiger partial charge in [0.15, 0.2) is 13.2 Å². The molecule has 2 rings (SSSR count). The van der Waals surface area contributed by atoms with Crippen molar-refractivity contribution in [2.24, 2.45) is 0 Å². The quantitative estimate of drug-likeness (QED) is 0.613. The molecule has 0 heterocycles. The number of carbonyl (C=O) groups is 3. The van der Waals surface area contributed by atoms with E-state index >= 15 is 0 Å².